The Kier molecular flexibility index (Phi) is 7.39. The summed E-state index contributed by atoms with van der Waals surface area (Å²) in [6.07, 6.45) is 5.58. The fourth-order valence-corrected chi connectivity index (χ4v) is 2.86. The highest BCUT2D eigenvalue weighted by atomic mass is 35.5. The average Bonchev–Trinajstić information content (AvgIpc) is 2.72. The quantitative estimate of drug-likeness (QED) is 0.848. The van der Waals surface area contributed by atoms with Crippen LogP contribution in [0.1, 0.15) is 24.1 Å². The third-order valence-corrected chi connectivity index (χ3v) is 3.93. The maximum absolute atomic E-state index is 5.74. The van der Waals surface area contributed by atoms with Crippen LogP contribution in [0, 0.1) is 5.92 Å². The van der Waals surface area contributed by atoms with Crippen LogP contribution in [0.4, 0.5) is 0 Å². The molecule has 0 saturated carbocycles. The number of nitrogens with one attached hydrogen (secondary N) is 1. The molecule has 1 atom stereocenters. The second-order valence-electron chi connectivity index (χ2n) is 4.13. The molecular formula is C11H18Cl2N2OS. The Bertz CT molecular complexity index is 316. The number of thiazole rings is 1. The van der Waals surface area contributed by atoms with E-state index in [4.69, 9.17) is 16.3 Å². The van der Waals surface area contributed by atoms with Gasteiger partial charge in [0.25, 0.3) is 0 Å². The maximum atomic E-state index is 5.74. The van der Waals surface area contributed by atoms with Gasteiger partial charge in [-0.1, -0.05) is 11.6 Å². The number of ether oxygens (including phenoxy) is 1. The lowest BCUT2D eigenvalue weighted by Gasteiger charge is -2.22. The van der Waals surface area contributed by atoms with E-state index in [2.05, 4.69) is 10.3 Å². The van der Waals surface area contributed by atoms with E-state index in [1.54, 1.807) is 6.20 Å². The Balaban J connectivity index is 0.00000144. The van der Waals surface area contributed by atoms with Gasteiger partial charge in [0.1, 0.15) is 0 Å². The van der Waals surface area contributed by atoms with Crippen LogP contribution in [-0.4, -0.2) is 24.7 Å². The zero-order chi connectivity index (χ0) is 11.2. The highest BCUT2D eigenvalue weighted by molar-refractivity contribution is 7.15. The topological polar surface area (TPSA) is 34.1 Å². The largest absolute Gasteiger partial charge is 0.376 e. The lowest BCUT2D eigenvalue weighted by molar-refractivity contribution is 0.105. The van der Waals surface area contributed by atoms with Crippen molar-refractivity contribution in [2.45, 2.75) is 25.9 Å². The van der Waals surface area contributed by atoms with Crippen LogP contribution in [0.25, 0.3) is 0 Å². The predicted molar refractivity (Wildman–Crippen MR) is 74.2 cm³/mol. The summed E-state index contributed by atoms with van der Waals surface area (Å²) >= 11 is 7.23. The normalized spacial score (nSPS) is 19.9. The van der Waals surface area contributed by atoms with Gasteiger partial charge in [-0.15, -0.1) is 23.7 Å². The summed E-state index contributed by atoms with van der Waals surface area (Å²) in [6, 6.07) is 0. The van der Waals surface area contributed by atoms with E-state index in [0.717, 1.165) is 30.4 Å². The van der Waals surface area contributed by atoms with Crippen molar-refractivity contribution in [3.63, 3.8) is 0 Å². The molecule has 1 unspecified atom stereocenters. The third kappa shape index (κ3) is 5.53. The summed E-state index contributed by atoms with van der Waals surface area (Å²) in [6.45, 7) is 3.80. The number of hydrogen-bond donors (Lipinski definition) is 1. The van der Waals surface area contributed by atoms with Gasteiger partial charge in [0.05, 0.1) is 11.5 Å². The van der Waals surface area contributed by atoms with Crippen molar-refractivity contribution in [1.29, 1.82) is 0 Å². The van der Waals surface area contributed by atoms with Crippen molar-refractivity contribution < 1.29 is 4.74 Å². The zero-order valence-electron chi connectivity index (χ0n) is 9.65. The van der Waals surface area contributed by atoms with Crippen LogP contribution in [0.2, 0.25) is 4.47 Å². The van der Waals surface area contributed by atoms with E-state index in [1.165, 1.54) is 30.7 Å². The van der Waals surface area contributed by atoms with Crippen LogP contribution >= 0.6 is 35.3 Å². The van der Waals surface area contributed by atoms with Crippen LogP contribution < -0.4 is 5.32 Å². The molecule has 2 rings (SSSR count). The first kappa shape index (κ1) is 15.2. The summed E-state index contributed by atoms with van der Waals surface area (Å²) in [4.78, 5) is 5.08. The van der Waals surface area contributed by atoms with Crippen LogP contribution in [-0.2, 0) is 11.3 Å². The first-order valence-corrected chi connectivity index (χ1v) is 6.92. The molecule has 1 aliphatic heterocycles. The van der Waals surface area contributed by atoms with E-state index < -0.39 is 0 Å². The van der Waals surface area contributed by atoms with Crippen molar-refractivity contribution in [3.05, 3.63) is 15.5 Å². The third-order valence-electron chi connectivity index (χ3n) is 2.84. The molecule has 0 bridgehead atoms. The standard InChI is InChI=1S/C11H17ClN2OS.ClH/c12-11-14-7-10(16-11)8-15-5-3-9-2-1-4-13-6-9;/h7,9,13H,1-6,8H2;1H. The molecule has 98 valence electrons. The number of nitrogens with zero attached hydrogens (tertiary/aromatic N) is 1. The molecule has 1 N–H and O–H groups in total. The van der Waals surface area contributed by atoms with Crippen molar-refractivity contribution in [2.24, 2.45) is 5.92 Å². The van der Waals surface area contributed by atoms with E-state index in [9.17, 15) is 0 Å². The van der Waals surface area contributed by atoms with Gasteiger partial charge in [-0.2, -0.15) is 0 Å². The number of rotatable bonds is 5. The van der Waals surface area contributed by atoms with Crippen molar-refractivity contribution in [2.75, 3.05) is 19.7 Å². The Morgan fingerprint density at radius 2 is 2.47 bits per heavy atom. The van der Waals surface area contributed by atoms with E-state index in [0.29, 0.717) is 11.1 Å². The van der Waals surface area contributed by atoms with E-state index >= 15 is 0 Å². The molecule has 3 nitrogen and oxygen atoms in total. The molecule has 1 aromatic heterocycles. The summed E-state index contributed by atoms with van der Waals surface area (Å²) in [5.41, 5.74) is 0. The molecule has 0 aliphatic carbocycles. The molecular weight excluding hydrogens is 279 g/mol. The van der Waals surface area contributed by atoms with Gasteiger partial charge in [0.15, 0.2) is 4.47 Å². The SMILES string of the molecule is Cl.Clc1ncc(COCCC2CCCNC2)s1. The Labute approximate surface area is 117 Å². The number of aromatic nitrogens is 1. The van der Waals surface area contributed by atoms with Crippen molar-refractivity contribution in [3.8, 4) is 0 Å². The number of halogens is 2. The minimum Gasteiger partial charge on any atom is -0.376 e. The minimum absolute atomic E-state index is 0. The molecule has 2 heterocycles. The summed E-state index contributed by atoms with van der Waals surface area (Å²) in [7, 11) is 0. The molecule has 1 saturated heterocycles. The Morgan fingerprint density at radius 1 is 1.59 bits per heavy atom. The monoisotopic (exact) mass is 296 g/mol. The zero-order valence-corrected chi connectivity index (χ0v) is 12.0. The molecule has 0 radical (unpaired) electrons. The summed E-state index contributed by atoms with van der Waals surface area (Å²) in [5.74, 6) is 0.791. The second kappa shape index (κ2) is 8.27. The maximum Gasteiger partial charge on any atom is 0.183 e. The van der Waals surface area contributed by atoms with E-state index in [-0.39, 0.29) is 12.4 Å². The second-order valence-corrected chi connectivity index (χ2v) is 5.83. The van der Waals surface area contributed by atoms with Crippen LogP contribution in [0.3, 0.4) is 0 Å². The van der Waals surface area contributed by atoms with Gasteiger partial charge < -0.3 is 10.1 Å². The van der Waals surface area contributed by atoms with Gasteiger partial charge in [-0.05, 0) is 38.3 Å². The average molecular weight is 297 g/mol. The highest BCUT2D eigenvalue weighted by Gasteiger charge is 2.12. The molecule has 1 aliphatic rings. The van der Waals surface area contributed by atoms with Gasteiger partial charge in [0, 0.05) is 12.8 Å². The molecule has 0 spiro atoms. The Morgan fingerprint density at radius 3 is 3.12 bits per heavy atom. The molecule has 0 amide bonds. The van der Waals surface area contributed by atoms with Crippen molar-refractivity contribution in [1.82, 2.24) is 10.3 Å². The molecule has 1 fully saturated rings. The lowest BCUT2D eigenvalue weighted by Crippen LogP contribution is -2.30. The summed E-state index contributed by atoms with van der Waals surface area (Å²) in [5, 5.41) is 3.42. The van der Waals surface area contributed by atoms with Crippen molar-refractivity contribution >= 4 is 35.3 Å². The molecule has 6 heteroatoms. The minimum atomic E-state index is 0. The van der Waals surface area contributed by atoms with Gasteiger partial charge >= 0.3 is 0 Å². The first-order chi connectivity index (χ1) is 7.84. The van der Waals surface area contributed by atoms with E-state index in [1.807, 2.05) is 0 Å². The fraction of sp³-hybridized carbons (Fsp3) is 0.727. The first-order valence-electron chi connectivity index (χ1n) is 5.73. The van der Waals surface area contributed by atoms with Gasteiger partial charge in [-0.3, -0.25) is 0 Å². The lowest BCUT2D eigenvalue weighted by atomic mass is 9.97. The number of piperidine rings is 1. The fourth-order valence-electron chi connectivity index (χ4n) is 1.94. The molecule has 0 aromatic carbocycles. The van der Waals surface area contributed by atoms with Crippen LogP contribution in [0.15, 0.2) is 6.20 Å². The highest BCUT2D eigenvalue weighted by Crippen LogP contribution is 2.19. The number of hydrogen-bond acceptors (Lipinski definition) is 4. The summed E-state index contributed by atoms with van der Waals surface area (Å²) < 4.78 is 6.21. The van der Waals surface area contributed by atoms with Crippen LogP contribution in [0.5, 0.6) is 0 Å². The van der Waals surface area contributed by atoms with Gasteiger partial charge in [0.2, 0.25) is 0 Å². The molecule has 17 heavy (non-hydrogen) atoms. The molecule has 1 aromatic rings. The van der Waals surface area contributed by atoms with Gasteiger partial charge in [-0.25, -0.2) is 4.98 Å². The predicted octanol–water partition coefficient (Wildman–Crippen LogP) is 3.12. The smallest absolute Gasteiger partial charge is 0.183 e. The Hall–Kier alpha value is 0.130.